The highest BCUT2D eigenvalue weighted by Gasteiger charge is 2.11. The summed E-state index contributed by atoms with van der Waals surface area (Å²) in [4.78, 5) is 17.0. The molecule has 0 bridgehead atoms. The topological polar surface area (TPSA) is 88.1 Å². The van der Waals surface area contributed by atoms with Crippen LogP contribution in [0.5, 0.6) is 5.75 Å². The zero-order chi connectivity index (χ0) is 16.9. The maximum Gasteiger partial charge on any atom is 0.215 e. The van der Waals surface area contributed by atoms with Gasteiger partial charge in [-0.3, -0.25) is 9.89 Å². The Labute approximate surface area is 142 Å². The Bertz CT molecular complexity index is 852. The molecule has 3 rings (SSSR count). The van der Waals surface area contributed by atoms with E-state index in [4.69, 9.17) is 4.74 Å². The molecule has 122 valence electrons. The Morgan fingerprint density at radius 1 is 1.38 bits per heavy atom. The summed E-state index contributed by atoms with van der Waals surface area (Å²) >= 11 is 1.51. The van der Waals surface area contributed by atoms with Crippen molar-refractivity contribution in [2.75, 3.05) is 7.11 Å². The molecule has 6 nitrogen and oxygen atoms in total. The summed E-state index contributed by atoms with van der Waals surface area (Å²) in [6.45, 7) is 0. The molecule has 1 aromatic carbocycles. The van der Waals surface area contributed by atoms with Crippen molar-refractivity contribution in [1.82, 2.24) is 15.2 Å². The molecule has 0 unspecified atom stereocenters. The molecule has 0 fully saturated rings. The lowest BCUT2D eigenvalue weighted by Crippen LogP contribution is -1.96. The van der Waals surface area contributed by atoms with Crippen molar-refractivity contribution in [3.05, 3.63) is 69.9 Å². The largest absolute Gasteiger partial charge is 0.504 e. The van der Waals surface area contributed by atoms with Crippen LogP contribution in [0.2, 0.25) is 0 Å². The van der Waals surface area contributed by atoms with Crippen LogP contribution in [0.25, 0.3) is 5.76 Å². The number of aromatic nitrogens is 3. The van der Waals surface area contributed by atoms with Crippen molar-refractivity contribution < 1.29 is 14.6 Å². The summed E-state index contributed by atoms with van der Waals surface area (Å²) in [5.74, 6) is 0.365. The minimum absolute atomic E-state index is 0.0945. The van der Waals surface area contributed by atoms with E-state index in [1.54, 1.807) is 12.5 Å². The molecule has 0 aliphatic carbocycles. The van der Waals surface area contributed by atoms with Crippen molar-refractivity contribution in [2.24, 2.45) is 0 Å². The lowest BCUT2D eigenvalue weighted by molar-refractivity contribution is 0.104. The highest BCUT2D eigenvalue weighted by atomic mass is 32.1. The van der Waals surface area contributed by atoms with E-state index in [1.165, 1.54) is 17.7 Å². The van der Waals surface area contributed by atoms with Crippen molar-refractivity contribution in [2.45, 2.75) is 6.42 Å². The number of carbonyl (C=O) groups excluding carboxylic acids is 1. The van der Waals surface area contributed by atoms with Crippen molar-refractivity contribution >= 4 is 22.9 Å². The third-order valence-corrected chi connectivity index (χ3v) is 4.32. The fraction of sp³-hybridized carbons (Fsp3) is 0.118. The molecule has 0 aliphatic heterocycles. The van der Waals surface area contributed by atoms with Crippen LogP contribution in [0.3, 0.4) is 0 Å². The molecule has 2 heterocycles. The number of aromatic amines is 1. The van der Waals surface area contributed by atoms with E-state index in [9.17, 15) is 9.90 Å². The van der Waals surface area contributed by atoms with Gasteiger partial charge in [0, 0.05) is 28.3 Å². The molecule has 0 atom stereocenters. The summed E-state index contributed by atoms with van der Waals surface area (Å²) in [5, 5.41) is 17.8. The average molecular weight is 341 g/mol. The number of nitrogens with one attached hydrogen (secondary N) is 1. The van der Waals surface area contributed by atoms with Crippen molar-refractivity contribution in [1.29, 1.82) is 0 Å². The number of ketones is 1. The Balaban J connectivity index is 1.70. The fourth-order valence-electron chi connectivity index (χ4n) is 2.15. The second-order valence-electron chi connectivity index (χ2n) is 5.04. The quantitative estimate of drug-likeness (QED) is 0.408. The summed E-state index contributed by atoms with van der Waals surface area (Å²) in [6.07, 6.45) is 3.20. The second kappa shape index (κ2) is 7.10. The minimum Gasteiger partial charge on any atom is -0.504 e. The van der Waals surface area contributed by atoms with E-state index >= 15 is 0 Å². The van der Waals surface area contributed by atoms with E-state index < -0.39 is 0 Å². The van der Waals surface area contributed by atoms with Gasteiger partial charge < -0.3 is 9.84 Å². The van der Waals surface area contributed by atoms with Crippen LogP contribution in [0.4, 0.5) is 0 Å². The molecule has 7 heteroatoms. The Hall–Kier alpha value is -2.93. The van der Waals surface area contributed by atoms with Crippen LogP contribution in [0.15, 0.2) is 48.1 Å². The van der Waals surface area contributed by atoms with Gasteiger partial charge in [-0.05, 0) is 23.8 Å². The number of thiophene rings is 1. The Kier molecular flexibility index (Phi) is 4.72. The maximum atomic E-state index is 12.2. The van der Waals surface area contributed by atoms with E-state index in [0.717, 1.165) is 28.7 Å². The zero-order valence-electron chi connectivity index (χ0n) is 12.9. The van der Waals surface area contributed by atoms with Crippen LogP contribution in [0, 0.1) is 0 Å². The number of aliphatic hydroxyl groups excluding tert-OH is 1. The minimum atomic E-state index is -0.283. The number of allylic oxidation sites excluding steroid dienone is 1. The van der Waals surface area contributed by atoms with Gasteiger partial charge in [0.05, 0.1) is 7.11 Å². The number of benzene rings is 1. The number of methoxy groups -OCH3 is 1. The number of rotatable bonds is 6. The van der Waals surface area contributed by atoms with E-state index in [2.05, 4.69) is 15.2 Å². The predicted molar refractivity (Wildman–Crippen MR) is 91.4 cm³/mol. The Morgan fingerprint density at radius 2 is 2.17 bits per heavy atom. The third-order valence-electron chi connectivity index (χ3n) is 3.39. The molecule has 0 amide bonds. The average Bonchev–Trinajstić information content (AvgIpc) is 3.27. The number of nitrogens with zero attached hydrogens (tertiary/aromatic N) is 2. The monoisotopic (exact) mass is 341 g/mol. The molecule has 2 aromatic heterocycles. The van der Waals surface area contributed by atoms with Gasteiger partial charge in [0.2, 0.25) is 5.82 Å². The molecule has 3 aromatic rings. The van der Waals surface area contributed by atoms with Gasteiger partial charge in [-0.1, -0.05) is 12.1 Å². The first kappa shape index (κ1) is 15.9. The molecule has 0 aliphatic rings. The standard InChI is InChI=1S/C17H15N3O3S/c1-23-13-4-2-11(3-5-13)6-14-7-12(9-24-14)15(21)8-16(22)17-18-10-19-20-17/h2-5,7-10,22H,6H2,1H3,(H,18,19,20). The van der Waals surface area contributed by atoms with Crippen LogP contribution >= 0.6 is 11.3 Å². The summed E-state index contributed by atoms with van der Waals surface area (Å²) in [7, 11) is 1.63. The molecule has 0 radical (unpaired) electrons. The van der Waals surface area contributed by atoms with E-state index in [0.29, 0.717) is 5.56 Å². The SMILES string of the molecule is COc1ccc(Cc2cc(C(=O)C=C(O)c3nc[nH]n3)cs2)cc1. The first-order valence-corrected chi connectivity index (χ1v) is 8.05. The van der Waals surface area contributed by atoms with E-state index in [1.807, 2.05) is 30.3 Å². The lowest BCUT2D eigenvalue weighted by atomic mass is 10.1. The van der Waals surface area contributed by atoms with Crippen LogP contribution < -0.4 is 4.74 Å². The molecular formula is C17H15N3O3S. The van der Waals surface area contributed by atoms with Crippen LogP contribution in [-0.2, 0) is 6.42 Å². The van der Waals surface area contributed by atoms with Gasteiger partial charge in [0.15, 0.2) is 11.5 Å². The van der Waals surface area contributed by atoms with E-state index in [-0.39, 0.29) is 17.4 Å². The van der Waals surface area contributed by atoms with Gasteiger partial charge >= 0.3 is 0 Å². The summed E-state index contributed by atoms with van der Waals surface area (Å²) in [5.41, 5.74) is 1.67. The third kappa shape index (κ3) is 3.69. The number of hydrogen-bond acceptors (Lipinski definition) is 6. The Morgan fingerprint density at radius 3 is 2.83 bits per heavy atom. The van der Waals surface area contributed by atoms with Crippen molar-refractivity contribution in [3.63, 3.8) is 0 Å². The van der Waals surface area contributed by atoms with Crippen LogP contribution in [0.1, 0.15) is 26.6 Å². The first-order chi connectivity index (χ1) is 11.7. The van der Waals surface area contributed by atoms with Gasteiger partial charge in [0.25, 0.3) is 0 Å². The molecular weight excluding hydrogens is 326 g/mol. The molecule has 0 saturated carbocycles. The molecule has 0 spiro atoms. The summed E-state index contributed by atoms with van der Waals surface area (Å²) in [6, 6.07) is 9.64. The number of hydrogen-bond donors (Lipinski definition) is 2. The molecule has 2 N–H and O–H groups in total. The summed E-state index contributed by atoms with van der Waals surface area (Å²) < 4.78 is 5.14. The van der Waals surface area contributed by atoms with Gasteiger partial charge in [-0.15, -0.1) is 11.3 Å². The second-order valence-corrected chi connectivity index (χ2v) is 6.04. The number of aliphatic hydroxyl groups is 1. The smallest absolute Gasteiger partial charge is 0.215 e. The maximum absolute atomic E-state index is 12.2. The zero-order valence-corrected chi connectivity index (χ0v) is 13.7. The number of carbonyl (C=O) groups is 1. The first-order valence-electron chi connectivity index (χ1n) is 7.17. The lowest BCUT2D eigenvalue weighted by Gasteiger charge is -2.01. The van der Waals surface area contributed by atoms with Crippen LogP contribution in [-0.4, -0.2) is 33.2 Å². The predicted octanol–water partition coefficient (Wildman–Crippen LogP) is 3.25. The highest BCUT2D eigenvalue weighted by molar-refractivity contribution is 7.10. The highest BCUT2D eigenvalue weighted by Crippen LogP contribution is 2.21. The van der Waals surface area contributed by atoms with Crippen molar-refractivity contribution in [3.8, 4) is 5.75 Å². The number of ether oxygens (including phenoxy) is 1. The molecule has 24 heavy (non-hydrogen) atoms. The fourth-order valence-corrected chi connectivity index (χ4v) is 3.06. The molecule has 0 saturated heterocycles. The normalized spacial score (nSPS) is 11.5. The van der Waals surface area contributed by atoms with Gasteiger partial charge in [0.1, 0.15) is 12.1 Å². The van der Waals surface area contributed by atoms with Gasteiger partial charge in [-0.2, -0.15) is 5.10 Å². The van der Waals surface area contributed by atoms with Gasteiger partial charge in [-0.25, -0.2) is 4.98 Å². The number of H-pyrrole nitrogens is 1.